The first kappa shape index (κ1) is 11.9. The van der Waals surface area contributed by atoms with Crippen LogP contribution in [0.1, 0.15) is 12.5 Å². The van der Waals surface area contributed by atoms with Crippen molar-refractivity contribution in [2.45, 2.75) is 19.4 Å². The summed E-state index contributed by atoms with van der Waals surface area (Å²) in [7, 11) is -3.79. The minimum atomic E-state index is -3.79. The van der Waals surface area contributed by atoms with E-state index in [1.54, 1.807) is 19.1 Å². The Morgan fingerprint density at radius 1 is 1.47 bits per heavy atom. The van der Waals surface area contributed by atoms with E-state index < -0.39 is 21.7 Å². The first-order valence-corrected chi connectivity index (χ1v) is 6.84. The van der Waals surface area contributed by atoms with E-state index in [0.29, 0.717) is 12.1 Å². The SMILES string of the molecule is CC1Cc2ccccc2N1S(=O)(=O)CC(=O)O. The number of fused-ring (bicyclic) bond motifs is 1. The molecule has 0 saturated heterocycles. The molecule has 2 rings (SSSR count). The Labute approximate surface area is 99.7 Å². The lowest BCUT2D eigenvalue weighted by atomic mass is 10.1. The molecule has 0 radical (unpaired) electrons. The maximum Gasteiger partial charge on any atom is 0.320 e. The Hall–Kier alpha value is -1.56. The number of rotatable bonds is 3. The van der Waals surface area contributed by atoms with Crippen molar-refractivity contribution < 1.29 is 18.3 Å². The highest BCUT2D eigenvalue weighted by Crippen LogP contribution is 2.34. The molecule has 1 atom stereocenters. The summed E-state index contributed by atoms with van der Waals surface area (Å²) in [5, 5.41) is 8.64. The van der Waals surface area contributed by atoms with Gasteiger partial charge in [-0.15, -0.1) is 0 Å². The zero-order valence-electron chi connectivity index (χ0n) is 9.33. The largest absolute Gasteiger partial charge is 0.480 e. The number of sulfonamides is 1. The van der Waals surface area contributed by atoms with Crippen molar-refractivity contribution in [3.63, 3.8) is 0 Å². The van der Waals surface area contributed by atoms with Crippen molar-refractivity contribution in [3.8, 4) is 0 Å². The number of carbonyl (C=O) groups is 1. The molecule has 0 amide bonds. The molecule has 92 valence electrons. The van der Waals surface area contributed by atoms with Gasteiger partial charge in [0.15, 0.2) is 5.75 Å². The van der Waals surface area contributed by atoms with Crippen LogP contribution in [0.2, 0.25) is 0 Å². The average molecular weight is 255 g/mol. The number of para-hydroxylation sites is 1. The van der Waals surface area contributed by atoms with E-state index in [4.69, 9.17) is 5.11 Å². The second-order valence-corrected chi connectivity index (χ2v) is 5.97. The van der Waals surface area contributed by atoms with Gasteiger partial charge < -0.3 is 5.11 Å². The fraction of sp³-hybridized carbons (Fsp3) is 0.364. The van der Waals surface area contributed by atoms with Crippen LogP contribution in [0.4, 0.5) is 5.69 Å². The zero-order valence-corrected chi connectivity index (χ0v) is 10.1. The molecule has 0 aliphatic carbocycles. The third-order valence-electron chi connectivity index (χ3n) is 2.75. The van der Waals surface area contributed by atoms with Crippen LogP contribution in [-0.4, -0.2) is 31.3 Å². The lowest BCUT2D eigenvalue weighted by molar-refractivity contribution is -0.134. The molecular formula is C11H13NO4S. The summed E-state index contributed by atoms with van der Waals surface area (Å²) in [6.45, 7) is 1.78. The topological polar surface area (TPSA) is 74.7 Å². The number of aliphatic carboxylic acids is 1. The maximum atomic E-state index is 12.0. The molecule has 1 aliphatic rings. The molecule has 5 nitrogen and oxygen atoms in total. The molecule has 1 heterocycles. The highest BCUT2D eigenvalue weighted by atomic mass is 32.2. The summed E-state index contributed by atoms with van der Waals surface area (Å²) in [6, 6.07) is 6.94. The summed E-state index contributed by atoms with van der Waals surface area (Å²) in [5.41, 5.74) is 1.54. The van der Waals surface area contributed by atoms with Gasteiger partial charge in [0, 0.05) is 6.04 Å². The van der Waals surface area contributed by atoms with Gasteiger partial charge in [-0.1, -0.05) is 18.2 Å². The zero-order chi connectivity index (χ0) is 12.6. The van der Waals surface area contributed by atoms with Crippen LogP contribution >= 0.6 is 0 Å². The number of nitrogens with zero attached hydrogens (tertiary/aromatic N) is 1. The van der Waals surface area contributed by atoms with Crippen LogP contribution < -0.4 is 4.31 Å². The number of hydrogen-bond acceptors (Lipinski definition) is 3. The quantitative estimate of drug-likeness (QED) is 0.869. The van der Waals surface area contributed by atoms with Crippen molar-refractivity contribution in [2.24, 2.45) is 0 Å². The Kier molecular flexibility index (Phi) is 2.82. The van der Waals surface area contributed by atoms with Gasteiger partial charge in [0.05, 0.1) is 5.69 Å². The van der Waals surface area contributed by atoms with Gasteiger partial charge >= 0.3 is 5.97 Å². The Morgan fingerprint density at radius 3 is 2.76 bits per heavy atom. The van der Waals surface area contributed by atoms with Crippen LogP contribution in [0.15, 0.2) is 24.3 Å². The van der Waals surface area contributed by atoms with Crippen LogP contribution in [0.25, 0.3) is 0 Å². The first-order valence-electron chi connectivity index (χ1n) is 5.23. The molecule has 1 aliphatic heterocycles. The molecule has 0 fully saturated rings. The van der Waals surface area contributed by atoms with E-state index in [0.717, 1.165) is 5.56 Å². The fourth-order valence-corrected chi connectivity index (χ4v) is 3.74. The minimum absolute atomic E-state index is 0.225. The second kappa shape index (κ2) is 4.03. The van der Waals surface area contributed by atoms with Gasteiger partial charge in [0.25, 0.3) is 0 Å². The minimum Gasteiger partial charge on any atom is -0.480 e. The monoisotopic (exact) mass is 255 g/mol. The third kappa shape index (κ3) is 2.12. The molecule has 0 saturated carbocycles. The van der Waals surface area contributed by atoms with Crippen molar-refractivity contribution >= 4 is 21.7 Å². The molecule has 1 aromatic carbocycles. The molecule has 1 aromatic rings. The highest BCUT2D eigenvalue weighted by Gasteiger charge is 2.35. The molecule has 6 heteroatoms. The Balaban J connectivity index is 2.43. The smallest absolute Gasteiger partial charge is 0.320 e. The van der Waals surface area contributed by atoms with Gasteiger partial charge in [-0.25, -0.2) is 8.42 Å². The number of anilines is 1. The summed E-state index contributed by atoms with van der Waals surface area (Å²) in [6.07, 6.45) is 0.620. The van der Waals surface area contributed by atoms with Crippen molar-refractivity contribution in [1.82, 2.24) is 0 Å². The number of carboxylic acids is 1. The van der Waals surface area contributed by atoms with E-state index in [9.17, 15) is 13.2 Å². The fourth-order valence-electron chi connectivity index (χ4n) is 2.19. The summed E-state index contributed by atoms with van der Waals surface area (Å²) in [4.78, 5) is 10.6. The molecule has 1 N–H and O–H groups in total. The summed E-state index contributed by atoms with van der Waals surface area (Å²) in [5.74, 6) is -2.20. The van der Waals surface area contributed by atoms with Crippen LogP contribution in [-0.2, 0) is 21.2 Å². The van der Waals surface area contributed by atoms with Gasteiger partial charge in [-0.3, -0.25) is 9.10 Å². The average Bonchev–Trinajstić information content (AvgIpc) is 2.51. The molecule has 0 spiro atoms. The molecule has 1 unspecified atom stereocenters. The normalized spacial score (nSPS) is 19.1. The molecule has 17 heavy (non-hydrogen) atoms. The first-order chi connectivity index (χ1) is 7.92. The van der Waals surface area contributed by atoms with Crippen molar-refractivity contribution in [2.75, 3.05) is 10.1 Å². The predicted octanol–water partition coefficient (Wildman–Crippen LogP) is 0.852. The predicted molar refractivity (Wildman–Crippen MR) is 63.5 cm³/mol. The molecule has 0 bridgehead atoms. The van der Waals surface area contributed by atoms with E-state index in [2.05, 4.69) is 0 Å². The third-order valence-corrected chi connectivity index (χ3v) is 4.52. The van der Waals surface area contributed by atoms with Gasteiger partial charge in [-0.2, -0.15) is 0 Å². The molecule has 0 aromatic heterocycles. The Bertz CT molecular complexity index is 552. The van der Waals surface area contributed by atoms with Crippen molar-refractivity contribution in [3.05, 3.63) is 29.8 Å². The number of benzene rings is 1. The van der Waals surface area contributed by atoms with Gasteiger partial charge in [-0.05, 0) is 25.0 Å². The number of hydrogen-bond donors (Lipinski definition) is 1. The number of carboxylic acid groups (broad SMARTS) is 1. The van der Waals surface area contributed by atoms with E-state index in [-0.39, 0.29) is 6.04 Å². The maximum absolute atomic E-state index is 12.0. The van der Waals surface area contributed by atoms with Crippen LogP contribution in [0.5, 0.6) is 0 Å². The summed E-state index contributed by atoms with van der Waals surface area (Å²) < 4.78 is 25.1. The lowest BCUT2D eigenvalue weighted by Gasteiger charge is -2.23. The van der Waals surface area contributed by atoms with Crippen LogP contribution in [0.3, 0.4) is 0 Å². The van der Waals surface area contributed by atoms with Gasteiger partial charge in [0.1, 0.15) is 0 Å². The second-order valence-electron chi connectivity index (χ2n) is 4.13. The summed E-state index contributed by atoms with van der Waals surface area (Å²) >= 11 is 0. The van der Waals surface area contributed by atoms with E-state index in [1.807, 2.05) is 12.1 Å². The van der Waals surface area contributed by atoms with Gasteiger partial charge in [0.2, 0.25) is 10.0 Å². The van der Waals surface area contributed by atoms with E-state index >= 15 is 0 Å². The standard InChI is InChI=1S/C11H13NO4S/c1-8-6-9-4-2-3-5-10(9)12(8)17(15,16)7-11(13)14/h2-5,8H,6-7H2,1H3,(H,13,14). The highest BCUT2D eigenvalue weighted by molar-refractivity contribution is 7.93. The van der Waals surface area contributed by atoms with Crippen molar-refractivity contribution in [1.29, 1.82) is 0 Å². The molecular weight excluding hydrogens is 242 g/mol. The van der Waals surface area contributed by atoms with E-state index in [1.165, 1.54) is 4.31 Å². The van der Waals surface area contributed by atoms with Crippen LogP contribution in [0, 0.1) is 0 Å². The Morgan fingerprint density at radius 2 is 2.12 bits per heavy atom. The lowest BCUT2D eigenvalue weighted by Crippen LogP contribution is -2.39.